The van der Waals surface area contributed by atoms with E-state index >= 15 is 0 Å². The average Bonchev–Trinajstić information content (AvgIpc) is 3.37. The molecule has 0 unspecified atom stereocenters. The Morgan fingerprint density at radius 2 is 1.86 bits per heavy atom. The van der Waals surface area contributed by atoms with E-state index < -0.39 is 0 Å². The molecule has 1 aliphatic heterocycles. The Labute approximate surface area is 208 Å². The lowest BCUT2D eigenvalue weighted by molar-refractivity contribution is -0.148. The van der Waals surface area contributed by atoms with Gasteiger partial charge in [0.25, 0.3) is 0 Å². The molecule has 0 saturated heterocycles. The normalized spacial score (nSPS) is 20.2. The number of rotatable bonds is 5. The Bertz CT molecular complexity index is 1330. The summed E-state index contributed by atoms with van der Waals surface area (Å²) in [6.07, 6.45) is 7.08. The molecule has 3 aromatic rings. The second kappa shape index (κ2) is 10.1. The average molecular weight is 493 g/mol. The van der Waals surface area contributed by atoms with Crippen LogP contribution in [0.4, 0.5) is 4.39 Å². The number of esters is 1. The van der Waals surface area contributed by atoms with Crippen LogP contribution in [0, 0.1) is 17.7 Å². The molecule has 1 aromatic carbocycles. The second-order valence-corrected chi connectivity index (χ2v) is 9.35. The monoisotopic (exact) mass is 492 g/mol. The number of hydrogen-bond donors (Lipinski definition) is 1. The summed E-state index contributed by atoms with van der Waals surface area (Å²) in [4.78, 5) is 38.9. The van der Waals surface area contributed by atoms with Crippen molar-refractivity contribution in [1.29, 1.82) is 0 Å². The van der Waals surface area contributed by atoms with Crippen LogP contribution >= 0.6 is 0 Å². The third kappa shape index (κ3) is 4.57. The standard InChI is InChI=1S/C27H29FN4O4/c1-35-23-8-7-19(28)13-20(23)24-21-14-22(31-25(21)30-15-29-24)16-9-11-32(12-10-16)26(33)17-3-5-18(6-4-17)27(34)36-2/h7-9,13-15,17-18H,3-6,10-12H2,1-2H3,(H,29,30,31). The predicted molar refractivity (Wildman–Crippen MR) is 132 cm³/mol. The van der Waals surface area contributed by atoms with Crippen LogP contribution in [0.1, 0.15) is 37.8 Å². The molecule has 2 aromatic heterocycles. The number of benzene rings is 1. The summed E-state index contributed by atoms with van der Waals surface area (Å²) in [5.74, 6) is 0.0324. The van der Waals surface area contributed by atoms with Crippen molar-refractivity contribution in [3.63, 3.8) is 0 Å². The van der Waals surface area contributed by atoms with Gasteiger partial charge >= 0.3 is 5.97 Å². The van der Waals surface area contributed by atoms with Gasteiger partial charge in [0.1, 0.15) is 23.5 Å². The van der Waals surface area contributed by atoms with E-state index in [1.807, 2.05) is 11.0 Å². The van der Waals surface area contributed by atoms with Gasteiger partial charge in [0, 0.05) is 35.7 Å². The molecule has 36 heavy (non-hydrogen) atoms. The van der Waals surface area contributed by atoms with Crippen LogP contribution in [0.2, 0.25) is 0 Å². The van der Waals surface area contributed by atoms with Crippen LogP contribution in [0.3, 0.4) is 0 Å². The number of halogens is 1. The van der Waals surface area contributed by atoms with Crippen LogP contribution < -0.4 is 4.74 Å². The fourth-order valence-electron chi connectivity index (χ4n) is 5.31. The zero-order chi connectivity index (χ0) is 25.2. The summed E-state index contributed by atoms with van der Waals surface area (Å²) in [7, 11) is 2.96. The number of methoxy groups -OCH3 is 2. The molecular formula is C27H29FN4O4. The highest BCUT2D eigenvalue weighted by Gasteiger charge is 2.33. The smallest absolute Gasteiger partial charge is 0.308 e. The molecule has 1 fully saturated rings. The Kier molecular flexibility index (Phi) is 6.71. The van der Waals surface area contributed by atoms with E-state index in [2.05, 4.69) is 21.0 Å². The molecule has 0 spiro atoms. The second-order valence-electron chi connectivity index (χ2n) is 9.35. The van der Waals surface area contributed by atoms with E-state index in [0.29, 0.717) is 55.0 Å². The minimum atomic E-state index is -0.369. The molecule has 5 rings (SSSR count). The van der Waals surface area contributed by atoms with Gasteiger partial charge < -0.3 is 19.4 Å². The summed E-state index contributed by atoms with van der Waals surface area (Å²) >= 11 is 0. The number of H-pyrrole nitrogens is 1. The Hall–Kier alpha value is -3.75. The van der Waals surface area contributed by atoms with E-state index in [1.54, 1.807) is 13.2 Å². The number of carbonyl (C=O) groups is 2. The van der Waals surface area contributed by atoms with Crippen LogP contribution in [-0.4, -0.2) is 59.0 Å². The Morgan fingerprint density at radius 3 is 2.56 bits per heavy atom. The number of aromatic nitrogens is 3. The molecule has 8 nitrogen and oxygen atoms in total. The maximum atomic E-state index is 14.0. The molecule has 1 saturated carbocycles. The molecule has 1 aliphatic carbocycles. The van der Waals surface area contributed by atoms with Crippen molar-refractivity contribution in [1.82, 2.24) is 19.9 Å². The van der Waals surface area contributed by atoms with Crippen LogP contribution in [0.5, 0.6) is 5.75 Å². The summed E-state index contributed by atoms with van der Waals surface area (Å²) in [5, 5.41) is 0.776. The lowest BCUT2D eigenvalue weighted by Crippen LogP contribution is -2.40. The van der Waals surface area contributed by atoms with Gasteiger partial charge in [-0.2, -0.15) is 0 Å². The van der Waals surface area contributed by atoms with E-state index in [4.69, 9.17) is 9.47 Å². The first-order valence-electron chi connectivity index (χ1n) is 12.2. The van der Waals surface area contributed by atoms with Gasteiger partial charge in [-0.3, -0.25) is 9.59 Å². The number of hydrogen-bond acceptors (Lipinski definition) is 6. The first-order chi connectivity index (χ1) is 17.5. The summed E-state index contributed by atoms with van der Waals surface area (Å²) in [5.41, 5.74) is 3.82. The molecule has 0 bridgehead atoms. The molecule has 188 valence electrons. The van der Waals surface area contributed by atoms with Crippen LogP contribution in [0.25, 0.3) is 27.9 Å². The summed E-state index contributed by atoms with van der Waals surface area (Å²) < 4.78 is 24.3. The SMILES string of the molecule is COC(=O)C1CCC(C(=O)N2CC=C(c3cc4c(-c5cc(F)ccc5OC)ncnc4[nH]3)CC2)CC1. The minimum absolute atomic E-state index is 0.0342. The number of amides is 1. The molecule has 0 radical (unpaired) electrons. The molecule has 1 N–H and O–H groups in total. The van der Waals surface area contributed by atoms with Crippen molar-refractivity contribution in [2.24, 2.45) is 11.8 Å². The number of nitrogens with zero attached hydrogens (tertiary/aromatic N) is 3. The lowest BCUT2D eigenvalue weighted by Gasteiger charge is -2.33. The largest absolute Gasteiger partial charge is 0.496 e. The van der Waals surface area contributed by atoms with Gasteiger partial charge in [0.15, 0.2) is 0 Å². The van der Waals surface area contributed by atoms with Crippen LogP contribution in [0.15, 0.2) is 36.7 Å². The molecule has 9 heteroatoms. The van der Waals surface area contributed by atoms with Gasteiger partial charge in [0.05, 0.1) is 25.8 Å². The van der Waals surface area contributed by atoms with Crippen molar-refractivity contribution in [3.8, 4) is 17.0 Å². The first kappa shape index (κ1) is 24.0. The van der Waals surface area contributed by atoms with Crippen molar-refractivity contribution < 1.29 is 23.5 Å². The number of fused-ring (bicyclic) bond motifs is 1. The maximum absolute atomic E-state index is 14.0. The number of aromatic amines is 1. The van der Waals surface area contributed by atoms with E-state index in [1.165, 1.54) is 25.6 Å². The first-order valence-corrected chi connectivity index (χ1v) is 12.2. The number of ether oxygens (including phenoxy) is 2. The molecule has 1 amide bonds. The third-order valence-corrected chi connectivity index (χ3v) is 7.32. The number of nitrogens with one attached hydrogen (secondary N) is 1. The van der Waals surface area contributed by atoms with Gasteiger partial charge in [-0.05, 0) is 61.9 Å². The zero-order valence-electron chi connectivity index (χ0n) is 20.4. The zero-order valence-corrected chi connectivity index (χ0v) is 20.4. The highest BCUT2D eigenvalue weighted by atomic mass is 19.1. The molecular weight excluding hydrogens is 463 g/mol. The maximum Gasteiger partial charge on any atom is 0.308 e. The highest BCUT2D eigenvalue weighted by Crippen LogP contribution is 2.36. The minimum Gasteiger partial charge on any atom is -0.496 e. The quantitative estimate of drug-likeness (QED) is 0.532. The van der Waals surface area contributed by atoms with Crippen molar-refractivity contribution in [2.45, 2.75) is 32.1 Å². The third-order valence-electron chi connectivity index (χ3n) is 7.32. The molecule has 2 aliphatic rings. The molecule has 0 atom stereocenters. The van der Waals surface area contributed by atoms with Gasteiger partial charge in [-0.15, -0.1) is 0 Å². The fraction of sp³-hybridized carbons (Fsp3) is 0.407. The van der Waals surface area contributed by atoms with E-state index in [-0.39, 0.29) is 29.5 Å². The predicted octanol–water partition coefficient (Wildman–Crippen LogP) is 4.37. The highest BCUT2D eigenvalue weighted by molar-refractivity contribution is 5.95. The summed E-state index contributed by atoms with van der Waals surface area (Å²) in [6.45, 7) is 1.17. The van der Waals surface area contributed by atoms with E-state index in [9.17, 15) is 14.0 Å². The van der Waals surface area contributed by atoms with Crippen molar-refractivity contribution in [2.75, 3.05) is 27.3 Å². The van der Waals surface area contributed by atoms with Gasteiger partial charge in [-0.1, -0.05) is 6.08 Å². The van der Waals surface area contributed by atoms with Gasteiger partial charge in [-0.25, -0.2) is 14.4 Å². The summed E-state index contributed by atoms with van der Waals surface area (Å²) in [6, 6.07) is 6.33. The Morgan fingerprint density at radius 1 is 1.08 bits per heavy atom. The van der Waals surface area contributed by atoms with E-state index in [0.717, 1.165) is 29.5 Å². The van der Waals surface area contributed by atoms with Crippen molar-refractivity contribution in [3.05, 3.63) is 48.2 Å². The lowest BCUT2D eigenvalue weighted by atomic mass is 9.81. The van der Waals surface area contributed by atoms with Crippen LogP contribution in [-0.2, 0) is 14.3 Å². The topological polar surface area (TPSA) is 97.4 Å². The fourth-order valence-corrected chi connectivity index (χ4v) is 5.31. The van der Waals surface area contributed by atoms with Crippen molar-refractivity contribution >= 4 is 28.5 Å². The molecule has 3 heterocycles. The Balaban J connectivity index is 1.32. The number of carbonyl (C=O) groups excluding carboxylic acids is 2. The van der Waals surface area contributed by atoms with Gasteiger partial charge in [0.2, 0.25) is 5.91 Å².